The number of nitrogens with two attached hydrogens (primary N) is 2. The predicted molar refractivity (Wildman–Crippen MR) is 199 cm³/mol. The molecule has 2 aromatic carbocycles. The molecule has 4 rings (SSSR count). The summed E-state index contributed by atoms with van der Waals surface area (Å²) in [5.41, 5.74) is 15.4. The smallest absolute Gasteiger partial charge is 0.327 e. The van der Waals surface area contributed by atoms with Crippen LogP contribution in [-0.2, 0) is 22.7 Å². The van der Waals surface area contributed by atoms with Crippen LogP contribution in [0.25, 0.3) is 11.1 Å². The van der Waals surface area contributed by atoms with Gasteiger partial charge in [-0.3, -0.25) is 19.4 Å². The second kappa shape index (κ2) is 20.2. The summed E-state index contributed by atoms with van der Waals surface area (Å²) in [6.07, 6.45) is 12.6. The van der Waals surface area contributed by atoms with E-state index < -0.39 is 12.1 Å². The van der Waals surface area contributed by atoms with E-state index in [4.69, 9.17) is 11.5 Å². The maximum absolute atomic E-state index is 13.4. The van der Waals surface area contributed by atoms with Gasteiger partial charge in [0.1, 0.15) is 12.1 Å². The van der Waals surface area contributed by atoms with Gasteiger partial charge in [0.25, 0.3) is 11.8 Å². The Balaban J connectivity index is 1.41. The van der Waals surface area contributed by atoms with Crippen molar-refractivity contribution in [1.29, 1.82) is 0 Å². The Morgan fingerprint density at radius 2 is 0.880 bits per heavy atom. The monoisotopic (exact) mass is 688 g/mol. The summed E-state index contributed by atoms with van der Waals surface area (Å²) in [5.74, 6) is -0.163. The lowest BCUT2D eigenvalue weighted by molar-refractivity contribution is -0.129. The van der Waals surface area contributed by atoms with Gasteiger partial charge in [-0.05, 0) is 86.7 Å². The van der Waals surface area contributed by atoms with Gasteiger partial charge in [-0.1, -0.05) is 101 Å². The number of amides is 6. The zero-order valence-corrected chi connectivity index (χ0v) is 30.5. The van der Waals surface area contributed by atoms with Crippen molar-refractivity contribution in [3.8, 4) is 11.1 Å². The van der Waals surface area contributed by atoms with E-state index in [1.165, 1.54) is 9.80 Å². The highest BCUT2D eigenvalue weighted by Gasteiger charge is 2.45. The summed E-state index contributed by atoms with van der Waals surface area (Å²) in [6.45, 7) is 7.16. The number of urea groups is 2. The highest BCUT2D eigenvalue weighted by atomic mass is 16.2. The SMILES string of the molecule is CCCCCCN1C(=O)[C@H](CCCCN)N(Cc2ccc(-c3ccc(CN4C(=O)N(CCCCCC)C(=O)[C@@H]4CCCCN)cc3)cc2)C1=O. The molecule has 2 heterocycles. The van der Waals surface area contributed by atoms with Gasteiger partial charge in [-0.25, -0.2) is 9.59 Å². The van der Waals surface area contributed by atoms with Crippen molar-refractivity contribution in [2.75, 3.05) is 26.2 Å². The molecule has 2 aromatic rings. The molecular formula is C40H60N6O4. The van der Waals surface area contributed by atoms with Gasteiger partial charge in [-0.15, -0.1) is 0 Å². The van der Waals surface area contributed by atoms with E-state index in [1.807, 2.05) is 48.5 Å². The maximum atomic E-state index is 13.4. The Morgan fingerprint density at radius 3 is 1.22 bits per heavy atom. The van der Waals surface area contributed by atoms with Gasteiger partial charge in [-0.2, -0.15) is 0 Å². The van der Waals surface area contributed by atoms with E-state index in [0.717, 1.165) is 99.3 Å². The molecule has 0 unspecified atom stereocenters. The largest absolute Gasteiger partial charge is 0.330 e. The number of carbonyl (C=O) groups excluding carboxylic acids is 4. The van der Waals surface area contributed by atoms with Crippen molar-refractivity contribution in [1.82, 2.24) is 19.6 Å². The summed E-state index contributed by atoms with van der Waals surface area (Å²) in [4.78, 5) is 59.9. The Hall–Kier alpha value is -3.76. The van der Waals surface area contributed by atoms with Crippen molar-refractivity contribution in [3.05, 3.63) is 59.7 Å². The lowest BCUT2D eigenvalue weighted by atomic mass is 10.0. The number of unbranched alkanes of at least 4 members (excludes halogenated alkanes) is 8. The van der Waals surface area contributed by atoms with E-state index in [-0.39, 0.29) is 23.9 Å². The first kappa shape index (κ1) is 39.0. The molecule has 0 aromatic heterocycles. The maximum Gasteiger partial charge on any atom is 0.327 e. The van der Waals surface area contributed by atoms with Crippen LogP contribution < -0.4 is 11.5 Å². The molecule has 274 valence electrons. The van der Waals surface area contributed by atoms with Gasteiger partial charge in [0.05, 0.1) is 0 Å². The second-order valence-electron chi connectivity index (χ2n) is 13.9. The number of carbonyl (C=O) groups is 4. The molecule has 2 fully saturated rings. The van der Waals surface area contributed by atoms with Crippen LogP contribution in [-0.4, -0.2) is 81.7 Å². The lowest BCUT2D eigenvalue weighted by Gasteiger charge is -2.22. The van der Waals surface area contributed by atoms with Crippen molar-refractivity contribution in [2.24, 2.45) is 11.5 Å². The van der Waals surface area contributed by atoms with Crippen molar-refractivity contribution < 1.29 is 19.2 Å². The topological polar surface area (TPSA) is 133 Å². The van der Waals surface area contributed by atoms with E-state index in [9.17, 15) is 19.2 Å². The zero-order valence-electron chi connectivity index (χ0n) is 30.5. The van der Waals surface area contributed by atoms with Crippen LogP contribution in [0, 0.1) is 0 Å². The fourth-order valence-corrected chi connectivity index (χ4v) is 7.07. The van der Waals surface area contributed by atoms with Crippen LogP contribution in [0.15, 0.2) is 48.5 Å². The fourth-order valence-electron chi connectivity index (χ4n) is 7.07. The third-order valence-electron chi connectivity index (χ3n) is 10.1. The van der Waals surface area contributed by atoms with Gasteiger partial charge in [0.15, 0.2) is 0 Å². The highest BCUT2D eigenvalue weighted by Crippen LogP contribution is 2.29. The molecule has 10 nitrogen and oxygen atoms in total. The van der Waals surface area contributed by atoms with Gasteiger partial charge >= 0.3 is 12.1 Å². The van der Waals surface area contributed by atoms with Crippen LogP contribution in [0.3, 0.4) is 0 Å². The molecule has 2 aliphatic rings. The lowest BCUT2D eigenvalue weighted by Crippen LogP contribution is -2.35. The molecule has 0 spiro atoms. The van der Waals surface area contributed by atoms with Gasteiger partial charge in [0.2, 0.25) is 0 Å². The van der Waals surface area contributed by atoms with E-state index in [0.29, 0.717) is 52.1 Å². The standard InChI is InChI=1S/C40H60N6O4/c1-3-5-7-13-27-43-37(47)35(15-9-11-25-41)45(39(43)49)29-31-17-21-33(22-18-31)34-23-19-32(20-24-34)30-46-36(16-10-12-26-42)38(48)44(40(46)50)28-14-8-6-4-2/h17-24,35-36H,3-16,25-30,41-42H2,1-2H3/t35-,36-/m0/s1. The molecular weight excluding hydrogens is 628 g/mol. The number of hydrogen-bond acceptors (Lipinski definition) is 6. The minimum absolute atomic E-state index is 0.0817. The third kappa shape index (κ3) is 10.2. The molecule has 0 radical (unpaired) electrons. The minimum atomic E-state index is -0.446. The molecule has 0 aliphatic carbocycles. The van der Waals surface area contributed by atoms with E-state index in [1.54, 1.807) is 9.80 Å². The molecule has 2 atom stereocenters. The summed E-state index contributed by atoms with van der Waals surface area (Å²) < 4.78 is 0. The fraction of sp³-hybridized carbons (Fsp3) is 0.600. The molecule has 2 saturated heterocycles. The molecule has 4 N–H and O–H groups in total. The Bertz CT molecular complexity index is 1280. The molecule has 0 saturated carbocycles. The quantitative estimate of drug-likeness (QED) is 0.0951. The predicted octanol–water partition coefficient (Wildman–Crippen LogP) is 7.04. The van der Waals surface area contributed by atoms with Crippen LogP contribution in [0.2, 0.25) is 0 Å². The minimum Gasteiger partial charge on any atom is -0.330 e. The van der Waals surface area contributed by atoms with Crippen LogP contribution in [0.4, 0.5) is 9.59 Å². The number of rotatable bonds is 23. The first-order chi connectivity index (χ1) is 24.3. The van der Waals surface area contributed by atoms with Crippen LogP contribution >= 0.6 is 0 Å². The van der Waals surface area contributed by atoms with Gasteiger partial charge in [0, 0.05) is 26.2 Å². The normalized spacial score (nSPS) is 18.0. The number of hydrogen-bond donors (Lipinski definition) is 2. The molecule has 50 heavy (non-hydrogen) atoms. The van der Waals surface area contributed by atoms with E-state index in [2.05, 4.69) is 13.8 Å². The van der Waals surface area contributed by atoms with Crippen LogP contribution in [0.1, 0.15) is 115 Å². The highest BCUT2D eigenvalue weighted by molar-refractivity contribution is 6.04. The van der Waals surface area contributed by atoms with Crippen LogP contribution in [0.5, 0.6) is 0 Å². The second-order valence-corrected chi connectivity index (χ2v) is 13.9. The summed E-state index contributed by atoms with van der Waals surface area (Å²) >= 11 is 0. The summed E-state index contributed by atoms with van der Waals surface area (Å²) in [6, 6.07) is 15.0. The van der Waals surface area contributed by atoms with Crippen molar-refractivity contribution >= 4 is 23.9 Å². The third-order valence-corrected chi connectivity index (χ3v) is 10.1. The Kier molecular flexibility index (Phi) is 15.8. The van der Waals surface area contributed by atoms with Gasteiger partial charge < -0.3 is 21.3 Å². The van der Waals surface area contributed by atoms with Crippen molar-refractivity contribution in [2.45, 2.75) is 129 Å². The molecule has 10 heteroatoms. The Labute approximate surface area is 299 Å². The number of benzene rings is 2. The summed E-state index contributed by atoms with van der Waals surface area (Å²) in [7, 11) is 0. The molecule has 2 aliphatic heterocycles. The molecule has 6 amide bonds. The van der Waals surface area contributed by atoms with E-state index >= 15 is 0 Å². The summed E-state index contributed by atoms with van der Waals surface area (Å²) in [5, 5.41) is 0. The van der Waals surface area contributed by atoms with Crippen molar-refractivity contribution in [3.63, 3.8) is 0 Å². The molecule has 0 bridgehead atoms. The average Bonchev–Trinajstić information content (AvgIpc) is 3.48. The first-order valence-corrected chi connectivity index (χ1v) is 19.2. The number of nitrogens with zero attached hydrogens (tertiary/aromatic N) is 4. The Morgan fingerprint density at radius 1 is 0.500 bits per heavy atom. The average molecular weight is 689 g/mol. The first-order valence-electron chi connectivity index (χ1n) is 19.2. The number of imide groups is 2. The zero-order chi connectivity index (χ0) is 35.9.